The molecule has 1 aliphatic rings. The van der Waals surface area contributed by atoms with Crippen LogP contribution in [0.1, 0.15) is 36.5 Å². The van der Waals surface area contributed by atoms with Crippen LogP contribution in [0.25, 0.3) is 0 Å². The van der Waals surface area contributed by atoms with Gasteiger partial charge in [-0.05, 0) is 64.0 Å². The van der Waals surface area contributed by atoms with E-state index in [1.165, 1.54) is 25.9 Å². The van der Waals surface area contributed by atoms with E-state index in [2.05, 4.69) is 15.5 Å². The number of benzene rings is 1. The lowest BCUT2D eigenvalue weighted by Gasteiger charge is -2.15. The summed E-state index contributed by atoms with van der Waals surface area (Å²) in [5.74, 6) is -0.0578. The number of hydrogen-bond donors (Lipinski definition) is 3. The van der Waals surface area contributed by atoms with Gasteiger partial charge >= 0.3 is 0 Å². The lowest BCUT2D eigenvalue weighted by Crippen LogP contribution is -2.23. The van der Waals surface area contributed by atoms with Gasteiger partial charge in [-0.1, -0.05) is 0 Å². The molecule has 1 aromatic carbocycles. The summed E-state index contributed by atoms with van der Waals surface area (Å²) in [5.41, 5.74) is 8.14. The number of nitrogens with one attached hydrogen (secondary N) is 2. The summed E-state index contributed by atoms with van der Waals surface area (Å²) in [7, 11) is 0. The minimum atomic E-state index is -0.0578. The Balaban J connectivity index is 1.83. The van der Waals surface area contributed by atoms with Crippen molar-refractivity contribution >= 4 is 17.3 Å². The molecule has 1 fully saturated rings. The van der Waals surface area contributed by atoms with Gasteiger partial charge in [-0.2, -0.15) is 0 Å². The highest BCUT2D eigenvalue weighted by atomic mass is 16.1. The van der Waals surface area contributed by atoms with E-state index >= 15 is 0 Å². The summed E-state index contributed by atoms with van der Waals surface area (Å²) in [5, 5.41) is 6.14. The maximum absolute atomic E-state index is 11.8. The number of nitrogens with zero attached hydrogens (tertiary/aromatic N) is 1. The van der Waals surface area contributed by atoms with Crippen molar-refractivity contribution in [1.29, 1.82) is 0 Å². The second-order valence-corrected chi connectivity index (χ2v) is 5.49. The van der Waals surface area contributed by atoms with Crippen molar-refractivity contribution < 1.29 is 4.79 Å². The minimum absolute atomic E-state index is 0.0578. The molecule has 116 valence electrons. The number of likely N-dealkylation sites (tertiary alicyclic amines) is 1. The van der Waals surface area contributed by atoms with Gasteiger partial charge in [0.2, 0.25) is 0 Å². The summed E-state index contributed by atoms with van der Waals surface area (Å²) in [6.07, 6.45) is 3.74. The first-order valence-electron chi connectivity index (χ1n) is 7.84. The zero-order valence-electron chi connectivity index (χ0n) is 12.8. The van der Waals surface area contributed by atoms with E-state index < -0.39 is 0 Å². The molecule has 0 atom stereocenters. The number of carbonyl (C=O) groups excluding carboxylic acids is 1. The Bertz CT molecular complexity index is 469. The van der Waals surface area contributed by atoms with Crippen molar-refractivity contribution in [2.24, 2.45) is 0 Å². The summed E-state index contributed by atoms with van der Waals surface area (Å²) in [6, 6.07) is 5.37. The Morgan fingerprint density at radius 2 is 2.10 bits per heavy atom. The number of hydrogen-bond acceptors (Lipinski definition) is 4. The van der Waals surface area contributed by atoms with E-state index in [-0.39, 0.29) is 5.91 Å². The van der Waals surface area contributed by atoms with Gasteiger partial charge < -0.3 is 21.3 Å². The molecule has 1 saturated heterocycles. The quantitative estimate of drug-likeness (QED) is 0.530. The second kappa shape index (κ2) is 7.88. The molecule has 0 saturated carbocycles. The molecule has 4 N–H and O–H groups in total. The van der Waals surface area contributed by atoms with Crippen molar-refractivity contribution in [1.82, 2.24) is 10.2 Å². The topological polar surface area (TPSA) is 70.4 Å². The normalized spacial score (nSPS) is 15.1. The van der Waals surface area contributed by atoms with E-state index in [0.717, 1.165) is 25.2 Å². The standard InChI is InChI=1S/C16H26N4O/c1-2-18-16(21)13-6-7-14(17)15(12-13)19-8-5-11-20-9-3-4-10-20/h6-7,12,19H,2-5,8-11,17H2,1H3,(H,18,21). The summed E-state index contributed by atoms with van der Waals surface area (Å²) in [6.45, 7) is 7.00. The van der Waals surface area contributed by atoms with Crippen molar-refractivity contribution in [3.8, 4) is 0 Å². The second-order valence-electron chi connectivity index (χ2n) is 5.49. The fourth-order valence-electron chi connectivity index (χ4n) is 2.65. The molecule has 1 aromatic rings. The third kappa shape index (κ3) is 4.63. The van der Waals surface area contributed by atoms with Crippen LogP contribution in [0, 0.1) is 0 Å². The number of nitrogens with two attached hydrogens (primary N) is 1. The molecule has 21 heavy (non-hydrogen) atoms. The lowest BCUT2D eigenvalue weighted by molar-refractivity contribution is 0.0956. The van der Waals surface area contributed by atoms with Crippen molar-refractivity contribution in [3.63, 3.8) is 0 Å². The van der Waals surface area contributed by atoms with Crippen LogP contribution < -0.4 is 16.4 Å². The van der Waals surface area contributed by atoms with E-state index in [0.29, 0.717) is 17.8 Å². The summed E-state index contributed by atoms with van der Waals surface area (Å²) in [4.78, 5) is 14.3. The average Bonchev–Trinajstić information content (AvgIpc) is 2.98. The number of carbonyl (C=O) groups is 1. The molecule has 2 rings (SSSR count). The third-order valence-electron chi connectivity index (χ3n) is 3.82. The van der Waals surface area contributed by atoms with E-state index in [1.807, 2.05) is 13.0 Å². The Hall–Kier alpha value is -1.75. The summed E-state index contributed by atoms with van der Waals surface area (Å²) >= 11 is 0. The number of nitrogen functional groups attached to an aromatic ring is 1. The van der Waals surface area contributed by atoms with Crippen LogP contribution in [0.5, 0.6) is 0 Å². The predicted molar refractivity (Wildman–Crippen MR) is 87.6 cm³/mol. The number of anilines is 2. The molecule has 0 radical (unpaired) electrons. The average molecular weight is 290 g/mol. The van der Waals surface area contributed by atoms with Crippen LogP contribution in [0.3, 0.4) is 0 Å². The third-order valence-corrected chi connectivity index (χ3v) is 3.82. The molecule has 0 aromatic heterocycles. The molecule has 1 amide bonds. The van der Waals surface area contributed by atoms with Crippen LogP contribution in [0.15, 0.2) is 18.2 Å². The van der Waals surface area contributed by atoms with E-state index in [9.17, 15) is 4.79 Å². The molecule has 1 aliphatic heterocycles. The fourth-order valence-corrected chi connectivity index (χ4v) is 2.65. The monoisotopic (exact) mass is 290 g/mol. The molecule has 0 aliphatic carbocycles. The maximum atomic E-state index is 11.8. The number of rotatable bonds is 7. The zero-order chi connectivity index (χ0) is 15.1. The first kappa shape index (κ1) is 15.6. The molecule has 0 unspecified atom stereocenters. The number of amides is 1. The van der Waals surface area contributed by atoms with Crippen LogP contribution in [0.4, 0.5) is 11.4 Å². The van der Waals surface area contributed by atoms with Gasteiger partial charge in [-0.3, -0.25) is 4.79 Å². The molecule has 0 bridgehead atoms. The van der Waals surface area contributed by atoms with Gasteiger partial charge in [-0.15, -0.1) is 0 Å². The van der Waals surface area contributed by atoms with Gasteiger partial charge in [0.25, 0.3) is 5.91 Å². The highest BCUT2D eigenvalue weighted by Gasteiger charge is 2.11. The Labute approximate surface area is 126 Å². The molecular formula is C16H26N4O. The first-order chi connectivity index (χ1) is 10.2. The van der Waals surface area contributed by atoms with Crippen LogP contribution in [-0.4, -0.2) is 43.5 Å². The van der Waals surface area contributed by atoms with E-state index in [4.69, 9.17) is 5.73 Å². The van der Waals surface area contributed by atoms with E-state index in [1.54, 1.807) is 12.1 Å². The molecular weight excluding hydrogens is 264 g/mol. The molecule has 1 heterocycles. The van der Waals surface area contributed by atoms with Gasteiger partial charge in [0, 0.05) is 18.7 Å². The molecule has 0 spiro atoms. The SMILES string of the molecule is CCNC(=O)c1ccc(N)c(NCCCN2CCCC2)c1. The van der Waals surface area contributed by atoms with Crippen LogP contribution in [0.2, 0.25) is 0 Å². The van der Waals surface area contributed by atoms with Crippen LogP contribution >= 0.6 is 0 Å². The fraction of sp³-hybridized carbons (Fsp3) is 0.562. The summed E-state index contributed by atoms with van der Waals surface area (Å²) < 4.78 is 0. The van der Waals surface area contributed by atoms with Gasteiger partial charge in [0.05, 0.1) is 11.4 Å². The Morgan fingerprint density at radius 1 is 1.33 bits per heavy atom. The minimum Gasteiger partial charge on any atom is -0.397 e. The van der Waals surface area contributed by atoms with Gasteiger partial charge in [0.15, 0.2) is 0 Å². The molecule has 5 heteroatoms. The Kier molecular flexibility index (Phi) is 5.87. The highest BCUT2D eigenvalue weighted by molar-refractivity contribution is 5.96. The first-order valence-corrected chi connectivity index (χ1v) is 7.84. The van der Waals surface area contributed by atoms with Crippen molar-refractivity contribution in [2.45, 2.75) is 26.2 Å². The smallest absolute Gasteiger partial charge is 0.251 e. The van der Waals surface area contributed by atoms with Crippen molar-refractivity contribution in [3.05, 3.63) is 23.8 Å². The largest absolute Gasteiger partial charge is 0.397 e. The van der Waals surface area contributed by atoms with Crippen LogP contribution in [-0.2, 0) is 0 Å². The molecule has 5 nitrogen and oxygen atoms in total. The lowest BCUT2D eigenvalue weighted by atomic mass is 10.1. The maximum Gasteiger partial charge on any atom is 0.251 e. The van der Waals surface area contributed by atoms with Gasteiger partial charge in [0.1, 0.15) is 0 Å². The highest BCUT2D eigenvalue weighted by Crippen LogP contribution is 2.20. The predicted octanol–water partition coefficient (Wildman–Crippen LogP) is 1.92. The zero-order valence-corrected chi connectivity index (χ0v) is 12.8. The Morgan fingerprint density at radius 3 is 2.81 bits per heavy atom. The van der Waals surface area contributed by atoms with Gasteiger partial charge in [-0.25, -0.2) is 0 Å². The van der Waals surface area contributed by atoms with Crippen molar-refractivity contribution in [2.75, 3.05) is 43.8 Å².